The van der Waals surface area contributed by atoms with Crippen LogP contribution in [0.4, 0.5) is 5.82 Å². The van der Waals surface area contributed by atoms with E-state index in [-0.39, 0.29) is 0 Å². The van der Waals surface area contributed by atoms with Gasteiger partial charge in [-0.25, -0.2) is 4.98 Å². The van der Waals surface area contributed by atoms with E-state index >= 15 is 0 Å². The van der Waals surface area contributed by atoms with Gasteiger partial charge < -0.3 is 9.64 Å². The summed E-state index contributed by atoms with van der Waals surface area (Å²) in [5.74, 6) is 1.78. The van der Waals surface area contributed by atoms with E-state index < -0.39 is 0 Å². The Morgan fingerprint density at radius 2 is 2.00 bits per heavy atom. The van der Waals surface area contributed by atoms with Gasteiger partial charge in [-0.05, 0) is 6.92 Å². The van der Waals surface area contributed by atoms with Gasteiger partial charge in [0.05, 0.1) is 7.11 Å². The fourth-order valence-corrected chi connectivity index (χ4v) is 0.967. The summed E-state index contributed by atoms with van der Waals surface area (Å²) in [5, 5.41) is 0. The number of pyridine rings is 1. The lowest BCUT2D eigenvalue weighted by Gasteiger charge is -2.12. The average molecular weight is 166 g/mol. The Morgan fingerprint density at radius 3 is 2.50 bits per heavy atom. The van der Waals surface area contributed by atoms with Crippen molar-refractivity contribution in [1.82, 2.24) is 4.98 Å². The second-order valence-electron chi connectivity index (χ2n) is 2.90. The molecule has 0 fully saturated rings. The van der Waals surface area contributed by atoms with E-state index in [0.717, 1.165) is 17.3 Å². The lowest BCUT2D eigenvalue weighted by atomic mass is 10.3. The van der Waals surface area contributed by atoms with Crippen molar-refractivity contribution in [1.29, 1.82) is 0 Å². The molecule has 0 radical (unpaired) electrons. The van der Waals surface area contributed by atoms with Gasteiger partial charge in [0.25, 0.3) is 0 Å². The van der Waals surface area contributed by atoms with Crippen molar-refractivity contribution in [3.05, 3.63) is 17.8 Å². The number of hydrogen-bond donors (Lipinski definition) is 0. The third-order valence-electron chi connectivity index (χ3n) is 1.61. The molecule has 0 atom stereocenters. The molecule has 0 saturated heterocycles. The Hall–Kier alpha value is -1.25. The third-order valence-corrected chi connectivity index (χ3v) is 1.61. The molecule has 12 heavy (non-hydrogen) atoms. The van der Waals surface area contributed by atoms with E-state index in [1.165, 1.54) is 0 Å². The fourth-order valence-electron chi connectivity index (χ4n) is 0.967. The smallest absolute Gasteiger partial charge is 0.131 e. The monoisotopic (exact) mass is 166 g/mol. The van der Waals surface area contributed by atoms with Crippen molar-refractivity contribution in [2.45, 2.75) is 6.92 Å². The van der Waals surface area contributed by atoms with Crippen molar-refractivity contribution in [2.75, 3.05) is 26.1 Å². The molecule has 0 amide bonds. The van der Waals surface area contributed by atoms with Gasteiger partial charge in [0, 0.05) is 31.9 Å². The Morgan fingerprint density at radius 1 is 1.33 bits per heavy atom. The van der Waals surface area contributed by atoms with Crippen LogP contribution >= 0.6 is 0 Å². The normalized spacial score (nSPS) is 9.67. The van der Waals surface area contributed by atoms with Crippen molar-refractivity contribution < 1.29 is 4.74 Å². The first-order chi connectivity index (χ1) is 5.63. The highest BCUT2D eigenvalue weighted by molar-refractivity contribution is 5.43. The number of anilines is 1. The van der Waals surface area contributed by atoms with Gasteiger partial charge in [-0.15, -0.1) is 0 Å². The first-order valence-corrected chi connectivity index (χ1v) is 3.83. The molecule has 1 rings (SSSR count). The highest BCUT2D eigenvalue weighted by Gasteiger charge is 2.00. The minimum atomic E-state index is 0.853. The fraction of sp³-hybridized carbons (Fsp3) is 0.444. The first-order valence-electron chi connectivity index (χ1n) is 3.83. The van der Waals surface area contributed by atoms with Gasteiger partial charge in [0.2, 0.25) is 0 Å². The second-order valence-corrected chi connectivity index (χ2v) is 2.90. The zero-order valence-corrected chi connectivity index (χ0v) is 7.96. The molecule has 0 unspecified atom stereocenters. The summed E-state index contributed by atoms with van der Waals surface area (Å²) in [7, 11) is 5.58. The van der Waals surface area contributed by atoms with E-state index in [1.54, 1.807) is 7.11 Å². The molecular formula is C9H14N2O. The Kier molecular flexibility index (Phi) is 2.53. The van der Waals surface area contributed by atoms with Crippen LogP contribution in [0.1, 0.15) is 5.69 Å². The number of nitrogens with zero attached hydrogens (tertiary/aromatic N) is 2. The van der Waals surface area contributed by atoms with E-state index in [2.05, 4.69) is 4.98 Å². The minimum absolute atomic E-state index is 0.853. The molecule has 3 nitrogen and oxygen atoms in total. The number of ether oxygens (including phenoxy) is 1. The van der Waals surface area contributed by atoms with Gasteiger partial charge in [-0.2, -0.15) is 0 Å². The topological polar surface area (TPSA) is 25.4 Å². The minimum Gasteiger partial charge on any atom is -0.497 e. The molecule has 3 heteroatoms. The second kappa shape index (κ2) is 3.43. The van der Waals surface area contributed by atoms with Crippen LogP contribution in [0, 0.1) is 6.92 Å². The lowest BCUT2D eigenvalue weighted by Crippen LogP contribution is -2.11. The Bertz CT molecular complexity index is 271. The van der Waals surface area contributed by atoms with E-state index in [0.29, 0.717) is 0 Å². The summed E-state index contributed by atoms with van der Waals surface area (Å²) in [6, 6.07) is 3.82. The maximum Gasteiger partial charge on any atom is 0.131 e. The molecule has 0 bridgehead atoms. The standard InChI is InChI=1S/C9H14N2O/c1-7-5-8(12-4)6-9(10-7)11(2)3/h5-6H,1-4H3. The van der Waals surface area contributed by atoms with E-state index in [9.17, 15) is 0 Å². The predicted molar refractivity (Wildman–Crippen MR) is 49.9 cm³/mol. The maximum atomic E-state index is 5.12. The number of aromatic nitrogens is 1. The number of hydrogen-bond acceptors (Lipinski definition) is 3. The zero-order chi connectivity index (χ0) is 9.14. The van der Waals surface area contributed by atoms with Crippen molar-refractivity contribution in [3.8, 4) is 5.75 Å². The highest BCUT2D eigenvalue weighted by Crippen LogP contribution is 2.18. The van der Waals surface area contributed by atoms with Gasteiger partial charge in [0.1, 0.15) is 11.6 Å². The molecule has 0 spiro atoms. The van der Waals surface area contributed by atoms with Crippen LogP contribution in [-0.4, -0.2) is 26.2 Å². The van der Waals surface area contributed by atoms with Gasteiger partial charge in [-0.1, -0.05) is 0 Å². The van der Waals surface area contributed by atoms with Crippen LogP contribution in [0.5, 0.6) is 5.75 Å². The van der Waals surface area contributed by atoms with Gasteiger partial charge in [-0.3, -0.25) is 0 Å². The average Bonchev–Trinajstić information content (AvgIpc) is 2.03. The van der Waals surface area contributed by atoms with Crippen molar-refractivity contribution >= 4 is 5.82 Å². The summed E-state index contributed by atoms with van der Waals surface area (Å²) in [5.41, 5.74) is 0.970. The molecule has 0 aliphatic carbocycles. The zero-order valence-electron chi connectivity index (χ0n) is 7.96. The van der Waals surface area contributed by atoms with Crippen LogP contribution < -0.4 is 9.64 Å². The van der Waals surface area contributed by atoms with E-state index in [4.69, 9.17) is 4.74 Å². The van der Waals surface area contributed by atoms with Crippen LogP contribution in [0.25, 0.3) is 0 Å². The molecular weight excluding hydrogens is 152 g/mol. The summed E-state index contributed by atoms with van der Waals surface area (Å²) < 4.78 is 5.12. The molecule has 0 aromatic carbocycles. The molecule has 0 N–H and O–H groups in total. The molecule has 1 heterocycles. The first kappa shape index (κ1) is 8.84. The van der Waals surface area contributed by atoms with E-state index in [1.807, 2.05) is 38.1 Å². The highest BCUT2D eigenvalue weighted by atomic mass is 16.5. The molecule has 1 aromatic rings. The Labute approximate surface area is 73.0 Å². The lowest BCUT2D eigenvalue weighted by molar-refractivity contribution is 0.414. The van der Waals surface area contributed by atoms with Gasteiger partial charge >= 0.3 is 0 Å². The third kappa shape index (κ3) is 1.87. The Balaban J connectivity index is 3.06. The maximum absolute atomic E-state index is 5.12. The molecule has 0 aliphatic heterocycles. The molecule has 0 aliphatic rings. The number of aryl methyl sites for hydroxylation is 1. The SMILES string of the molecule is COc1cc(C)nc(N(C)C)c1. The quantitative estimate of drug-likeness (QED) is 0.665. The van der Waals surface area contributed by atoms with Crippen LogP contribution in [0.2, 0.25) is 0 Å². The predicted octanol–water partition coefficient (Wildman–Crippen LogP) is 1.46. The number of methoxy groups -OCH3 is 1. The number of rotatable bonds is 2. The summed E-state index contributed by atoms with van der Waals surface area (Å²) >= 11 is 0. The molecule has 1 aromatic heterocycles. The molecule has 0 saturated carbocycles. The van der Waals surface area contributed by atoms with Crippen molar-refractivity contribution in [2.24, 2.45) is 0 Å². The van der Waals surface area contributed by atoms with Crippen LogP contribution in [-0.2, 0) is 0 Å². The molecule has 66 valence electrons. The summed E-state index contributed by atoms with van der Waals surface area (Å²) in [6.45, 7) is 1.95. The van der Waals surface area contributed by atoms with Crippen molar-refractivity contribution in [3.63, 3.8) is 0 Å². The van der Waals surface area contributed by atoms with Crippen LogP contribution in [0.15, 0.2) is 12.1 Å². The summed E-state index contributed by atoms with van der Waals surface area (Å²) in [6.07, 6.45) is 0. The van der Waals surface area contributed by atoms with Gasteiger partial charge in [0.15, 0.2) is 0 Å². The van der Waals surface area contributed by atoms with Crippen LogP contribution in [0.3, 0.4) is 0 Å². The largest absolute Gasteiger partial charge is 0.497 e. The summed E-state index contributed by atoms with van der Waals surface area (Å²) in [4.78, 5) is 6.28.